The van der Waals surface area contributed by atoms with Crippen molar-refractivity contribution in [3.63, 3.8) is 0 Å². The van der Waals surface area contributed by atoms with Crippen LogP contribution in [0.4, 0.5) is 5.82 Å². The van der Waals surface area contributed by atoms with E-state index in [0.29, 0.717) is 37.3 Å². The lowest BCUT2D eigenvalue weighted by Gasteiger charge is -2.39. The molecule has 168 valence electrons. The van der Waals surface area contributed by atoms with Crippen LogP contribution in [0.5, 0.6) is 0 Å². The van der Waals surface area contributed by atoms with E-state index < -0.39 is 5.66 Å². The van der Waals surface area contributed by atoms with Crippen LogP contribution < -0.4 is 16.0 Å². The van der Waals surface area contributed by atoms with Crippen molar-refractivity contribution in [2.45, 2.75) is 44.7 Å². The topological polar surface area (TPSA) is 107 Å². The van der Waals surface area contributed by atoms with Crippen LogP contribution in [0.2, 0.25) is 0 Å². The normalized spacial score (nSPS) is 24.9. The number of rotatable bonds is 5. The largest absolute Gasteiger partial charge is 0.353 e. The van der Waals surface area contributed by atoms with Gasteiger partial charge in [-0.2, -0.15) is 0 Å². The number of hydrogen-bond acceptors (Lipinski definition) is 6. The van der Waals surface area contributed by atoms with Gasteiger partial charge in [0.05, 0.1) is 12.1 Å². The van der Waals surface area contributed by atoms with E-state index in [9.17, 15) is 14.4 Å². The number of amides is 3. The van der Waals surface area contributed by atoms with Gasteiger partial charge in [0.1, 0.15) is 11.5 Å². The second kappa shape index (κ2) is 9.21. The Hall–Kier alpha value is -2.68. The van der Waals surface area contributed by atoms with Crippen LogP contribution in [0.15, 0.2) is 18.3 Å². The maximum atomic E-state index is 12.6. The number of carbonyl (C=O) groups is 3. The van der Waals surface area contributed by atoms with Crippen molar-refractivity contribution in [3.05, 3.63) is 23.9 Å². The molecule has 1 aromatic rings. The van der Waals surface area contributed by atoms with E-state index >= 15 is 0 Å². The van der Waals surface area contributed by atoms with Crippen LogP contribution >= 0.6 is 0 Å². The predicted octanol–water partition coefficient (Wildman–Crippen LogP) is 0.794. The Labute approximate surface area is 182 Å². The highest BCUT2D eigenvalue weighted by Gasteiger charge is 2.41. The third-order valence-corrected chi connectivity index (χ3v) is 6.65. The fourth-order valence-electron chi connectivity index (χ4n) is 4.57. The molecule has 0 radical (unpaired) electrons. The van der Waals surface area contributed by atoms with Gasteiger partial charge in [0.25, 0.3) is 5.91 Å². The first-order chi connectivity index (χ1) is 14.9. The van der Waals surface area contributed by atoms with Crippen LogP contribution in [-0.4, -0.2) is 77.4 Å². The third kappa shape index (κ3) is 5.15. The fraction of sp³-hybridized carbons (Fsp3) is 0.636. The summed E-state index contributed by atoms with van der Waals surface area (Å²) in [7, 11) is 0. The summed E-state index contributed by atoms with van der Waals surface area (Å²) in [6, 6.07) is 3.45. The summed E-state index contributed by atoms with van der Waals surface area (Å²) in [5.41, 5.74) is -0.215. The van der Waals surface area contributed by atoms with Crippen molar-refractivity contribution in [1.82, 2.24) is 25.4 Å². The molecule has 1 spiro atoms. The minimum atomic E-state index is -0.718. The zero-order chi connectivity index (χ0) is 21.8. The van der Waals surface area contributed by atoms with E-state index in [1.807, 2.05) is 0 Å². The molecule has 0 aliphatic carbocycles. The van der Waals surface area contributed by atoms with Gasteiger partial charge in [-0.3, -0.25) is 14.4 Å². The molecule has 4 rings (SSSR count). The maximum Gasteiger partial charge on any atom is 0.256 e. The zero-order valence-corrected chi connectivity index (χ0v) is 18.2. The number of pyridine rings is 1. The molecule has 0 unspecified atom stereocenters. The molecule has 9 nitrogen and oxygen atoms in total. The molecule has 0 saturated carbocycles. The van der Waals surface area contributed by atoms with Crippen molar-refractivity contribution >= 4 is 23.5 Å². The van der Waals surface area contributed by atoms with Crippen molar-refractivity contribution in [2.24, 2.45) is 5.92 Å². The second-order valence-electron chi connectivity index (χ2n) is 9.00. The number of piperidine rings is 1. The first kappa shape index (κ1) is 21.5. The summed E-state index contributed by atoms with van der Waals surface area (Å²) < 4.78 is 0. The van der Waals surface area contributed by atoms with Gasteiger partial charge in [-0.05, 0) is 50.4 Å². The van der Waals surface area contributed by atoms with Crippen molar-refractivity contribution < 1.29 is 14.4 Å². The minimum Gasteiger partial charge on any atom is -0.353 e. The van der Waals surface area contributed by atoms with Gasteiger partial charge < -0.3 is 25.8 Å². The summed E-state index contributed by atoms with van der Waals surface area (Å²) in [4.78, 5) is 45.8. The quantitative estimate of drug-likeness (QED) is 0.640. The van der Waals surface area contributed by atoms with Gasteiger partial charge >= 0.3 is 0 Å². The molecule has 2 fully saturated rings. The maximum absolute atomic E-state index is 12.6. The van der Waals surface area contributed by atoms with Crippen molar-refractivity contribution in [1.29, 1.82) is 0 Å². The van der Waals surface area contributed by atoms with E-state index in [1.165, 1.54) is 12.8 Å². The first-order valence-corrected chi connectivity index (χ1v) is 11.3. The van der Waals surface area contributed by atoms with Gasteiger partial charge in [0, 0.05) is 38.7 Å². The van der Waals surface area contributed by atoms with Crippen LogP contribution in [0, 0.1) is 5.92 Å². The van der Waals surface area contributed by atoms with E-state index in [-0.39, 0.29) is 30.7 Å². The molecule has 0 bridgehead atoms. The van der Waals surface area contributed by atoms with Gasteiger partial charge in [0.2, 0.25) is 11.8 Å². The summed E-state index contributed by atoms with van der Waals surface area (Å²) in [6.07, 6.45) is 5.29. The number of anilines is 1. The number of nitrogens with zero attached hydrogens (tertiary/aromatic N) is 3. The monoisotopic (exact) mass is 428 g/mol. The summed E-state index contributed by atoms with van der Waals surface area (Å²) in [5, 5.41) is 9.29. The molecule has 1 atom stereocenters. The third-order valence-electron chi connectivity index (χ3n) is 6.65. The molecule has 3 N–H and O–H groups in total. The van der Waals surface area contributed by atoms with Gasteiger partial charge in [-0.15, -0.1) is 0 Å². The number of likely N-dealkylation sites (tertiary alicyclic amines) is 2. The minimum absolute atomic E-state index is 0.0503. The summed E-state index contributed by atoms with van der Waals surface area (Å²) >= 11 is 0. The lowest BCUT2D eigenvalue weighted by Crippen LogP contribution is -2.58. The molecule has 4 heterocycles. The Bertz CT molecular complexity index is 838. The van der Waals surface area contributed by atoms with Crippen LogP contribution in [-0.2, 0) is 9.59 Å². The van der Waals surface area contributed by atoms with E-state index in [2.05, 4.69) is 32.8 Å². The van der Waals surface area contributed by atoms with Gasteiger partial charge in [-0.25, -0.2) is 4.98 Å². The van der Waals surface area contributed by atoms with Crippen molar-refractivity contribution in [3.8, 4) is 0 Å². The Morgan fingerprint density at radius 2 is 2.03 bits per heavy atom. The highest BCUT2D eigenvalue weighted by atomic mass is 16.2. The SMILES string of the molecule is CC1CCN(CCNC(=O)CN2CC[C@]3(CCC2=O)NC(=O)c2cccnc2N3)CC1. The number of hydrogen-bond donors (Lipinski definition) is 3. The molecule has 3 aliphatic heterocycles. The van der Waals surface area contributed by atoms with E-state index in [1.54, 1.807) is 23.2 Å². The molecule has 0 aromatic carbocycles. The van der Waals surface area contributed by atoms with Crippen LogP contribution in [0.25, 0.3) is 0 Å². The highest BCUT2D eigenvalue weighted by Crippen LogP contribution is 2.30. The zero-order valence-electron chi connectivity index (χ0n) is 18.2. The molecular formula is C22H32N6O3. The fourth-order valence-corrected chi connectivity index (χ4v) is 4.57. The summed E-state index contributed by atoms with van der Waals surface area (Å²) in [5.74, 6) is 0.933. The van der Waals surface area contributed by atoms with Crippen LogP contribution in [0.1, 0.15) is 49.4 Å². The Morgan fingerprint density at radius 1 is 1.23 bits per heavy atom. The molecule has 1 aromatic heterocycles. The second-order valence-corrected chi connectivity index (χ2v) is 9.00. The lowest BCUT2D eigenvalue weighted by molar-refractivity contribution is -0.135. The Balaban J connectivity index is 1.27. The molecule has 2 saturated heterocycles. The molecular weight excluding hydrogens is 396 g/mol. The van der Waals surface area contributed by atoms with Gasteiger partial charge in [0.15, 0.2) is 0 Å². The smallest absolute Gasteiger partial charge is 0.256 e. The molecule has 3 amide bonds. The average Bonchev–Trinajstić information content (AvgIpc) is 2.89. The average molecular weight is 429 g/mol. The standard InChI is InChI=1S/C22H32N6O3/c1-16-5-11-27(12-6-16)14-10-23-18(29)15-28-13-8-22(7-4-19(28)30)25-20-17(21(31)26-22)3-2-9-24-20/h2-3,9,16H,4-8,10-15H2,1H3,(H,23,29)(H,24,25)(H,26,31)/t22-/m0/s1. The molecule has 31 heavy (non-hydrogen) atoms. The number of carbonyl (C=O) groups excluding carboxylic acids is 3. The number of nitrogens with one attached hydrogen (secondary N) is 3. The lowest BCUT2D eigenvalue weighted by atomic mass is 9.97. The number of fused-ring (bicyclic) bond motifs is 1. The molecule has 3 aliphatic rings. The predicted molar refractivity (Wildman–Crippen MR) is 116 cm³/mol. The number of aromatic nitrogens is 1. The van der Waals surface area contributed by atoms with E-state index in [4.69, 9.17) is 0 Å². The van der Waals surface area contributed by atoms with Crippen molar-refractivity contribution in [2.75, 3.05) is 44.6 Å². The Kier molecular flexibility index (Phi) is 6.41. The Morgan fingerprint density at radius 3 is 2.84 bits per heavy atom. The van der Waals surface area contributed by atoms with E-state index in [0.717, 1.165) is 25.6 Å². The summed E-state index contributed by atoms with van der Waals surface area (Å²) in [6.45, 7) is 6.34. The van der Waals surface area contributed by atoms with Gasteiger partial charge in [-0.1, -0.05) is 6.92 Å². The van der Waals surface area contributed by atoms with Crippen LogP contribution in [0.3, 0.4) is 0 Å². The first-order valence-electron chi connectivity index (χ1n) is 11.3. The molecule has 9 heteroatoms. The highest BCUT2D eigenvalue weighted by molar-refractivity contribution is 6.01.